The summed E-state index contributed by atoms with van der Waals surface area (Å²) in [6.07, 6.45) is 7.25. The lowest BCUT2D eigenvalue weighted by Crippen LogP contribution is -2.21. The van der Waals surface area contributed by atoms with E-state index in [9.17, 15) is 0 Å². The molecule has 1 heterocycles. The van der Waals surface area contributed by atoms with Gasteiger partial charge in [0.05, 0.1) is 6.61 Å². The Hall–Kier alpha value is -1.25. The quantitative estimate of drug-likeness (QED) is 0.862. The lowest BCUT2D eigenvalue weighted by atomic mass is 9.82. The maximum absolute atomic E-state index is 5.57. The number of hydrogen-bond donors (Lipinski definition) is 1. The number of aromatic nitrogens is 1. The number of anilines is 1. The van der Waals surface area contributed by atoms with E-state index in [-0.39, 0.29) is 0 Å². The molecule has 0 aromatic carbocycles. The van der Waals surface area contributed by atoms with Gasteiger partial charge in [-0.15, -0.1) is 0 Å². The van der Waals surface area contributed by atoms with Crippen molar-refractivity contribution in [2.75, 3.05) is 18.5 Å². The fraction of sp³-hybridized carbons (Fsp3) is 0.667. The highest BCUT2D eigenvalue weighted by atomic mass is 16.5. The van der Waals surface area contributed by atoms with Gasteiger partial charge in [0.1, 0.15) is 0 Å². The zero-order valence-electron chi connectivity index (χ0n) is 11.5. The van der Waals surface area contributed by atoms with Crippen LogP contribution in [0, 0.1) is 11.8 Å². The predicted octanol–water partition coefficient (Wildman–Crippen LogP) is 3.72. The Morgan fingerprint density at radius 2 is 2.33 bits per heavy atom. The minimum absolute atomic E-state index is 0.681. The molecule has 0 bridgehead atoms. The summed E-state index contributed by atoms with van der Waals surface area (Å²) < 4.78 is 5.57. The van der Waals surface area contributed by atoms with Crippen molar-refractivity contribution in [2.45, 2.75) is 39.5 Å². The predicted molar refractivity (Wildman–Crippen MR) is 75.0 cm³/mol. The lowest BCUT2D eigenvalue weighted by molar-refractivity contribution is 0.292. The molecule has 0 saturated heterocycles. The van der Waals surface area contributed by atoms with Crippen molar-refractivity contribution in [3.63, 3.8) is 0 Å². The van der Waals surface area contributed by atoms with Crippen molar-refractivity contribution in [3.05, 3.63) is 18.3 Å². The highest BCUT2D eigenvalue weighted by Gasteiger charge is 2.19. The summed E-state index contributed by atoms with van der Waals surface area (Å²) in [5, 5.41) is 3.45. The van der Waals surface area contributed by atoms with Crippen molar-refractivity contribution in [3.8, 4) is 5.75 Å². The smallest absolute Gasteiger partial charge is 0.168 e. The van der Waals surface area contributed by atoms with E-state index in [0.717, 1.165) is 29.9 Å². The molecule has 1 aromatic heterocycles. The molecule has 1 aliphatic carbocycles. The first kappa shape index (κ1) is 13.2. The van der Waals surface area contributed by atoms with Crippen LogP contribution in [-0.2, 0) is 0 Å². The Labute approximate surface area is 110 Å². The average molecular weight is 248 g/mol. The second-order valence-electron chi connectivity index (χ2n) is 5.30. The Balaban J connectivity index is 1.89. The normalized spacial score (nSPS) is 23.7. The molecule has 100 valence electrons. The molecule has 1 saturated carbocycles. The molecule has 0 amide bonds. The Kier molecular flexibility index (Phi) is 4.85. The van der Waals surface area contributed by atoms with Gasteiger partial charge in [0, 0.05) is 12.7 Å². The standard InChI is InChI=1S/C15H24N2O/c1-3-18-14-8-5-9-16-15(14)17-11-13-7-4-6-12(2)10-13/h5,8-9,12-13H,3-4,6-7,10-11H2,1-2H3,(H,16,17). The van der Waals surface area contributed by atoms with Gasteiger partial charge < -0.3 is 10.1 Å². The van der Waals surface area contributed by atoms with Crippen LogP contribution in [0.25, 0.3) is 0 Å². The number of nitrogens with one attached hydrogen (secondary N) is 1. The van der Waals surface area contributed by atoms with Crippen molar-refractivity contribution < 1.29 is 4.74 Å². The number of rotatable bonds is 5. The van der Waals surface area contributed by atoms with Gasteiger partial charge in [-0.3, -0.25) is 0 Å². The highest BCUT2D eigenvalue weighted by molar-refractivity contribution is 5.49. The van der Waals surface area contributed by atoms with E-state index >= 15 is 0 Å². The van der Waals surface area contributed by atoms with Crippen LogP contribution < -0.4 is 10.1 Å². The van der Waals surface area contributed by atoms with Gasteiger partial charge in [-0.2, -0.15) is 0 Å². The van der Waals surface area contributed by atoms with Crippen LogP contribution in [0.3, 0.4) is 0 Å². The largest absolute Gasteiger partial charge is 0.490 e. The number of hydrogen-bond acceptors (Lipinski definition) is 3. The third-order valence-electron chi connectivity index (χ3n) is 3.67. The van der Waals surface area contributed by atoms with E-state index in [1.54, 1.807) is 0 Å². The Bertz CT molecular complexity index is 367. The van der Waals surface area contributed by atoms with Gasteiger partial charge in [0.15, 0.2) is 11.6 Å². The van der Waals surface area contributed by atoms with Crippen LogP contribution in [-0.4, -0.2) is 18.1 Å². The molecule has 2 unspecified atom stereocenters. The number of pyridine rings is 1. The molecule has 0 spiro atoms. The van der Waals surface area contributed by atoms with Crippen LogP contribution in [0.1, 0.15) is 39.5 Å². The SMILES string of the molecule is CCOc1cccnc1NCC1CCCC(C)C1. The van der Waals surface area contributed by atoms with Gasteiger partial charge in [-0.25, -0.2) is 4.98 Å². The van der Waals surface area contributed by atoms with Crippen LogP contribution in [0.5, 0.6) is 5.75 Å². The van der Waals surface area contributed by atoms with Crippen molar-refractivity contribution in [1.29, 1.82) is 0 Å². The summed E-state index contributed by atoms with van der Waals surface area (Å²) in [6, 6.07) is 3.89. The summed E-state index contributed by atoms with van der Waals surface area (Å²) in [7, 11) is 0. The molecule has 3 heteroatoms. The molecule has 1 N–H and O–H groups in total. The monoisotopic (exact) mass is 248 g/mol. The van der Waals surface area contributed by atoms with Crippen LogP contribution in [0.4, 0.5) is 5.82 Å². The molecule has 3 nitrogen and oxygen atoms in total. The van der Waals surface area contributed by atoms with E-state index in [4.69, 9.17) is 4.74 Å². The molecule has 1 fully saturated rings. The first-order valence-electron chi connectivity index (χ1n) is 7.11. The summed E-state index contributed by atoms with van der Waals surface area (Å²) in [6.45, 7) is 6.06. The maximum Gasteiger partial charge on any atom is 0.168 e. The van der Waals surface area contributed by atoms with Gasteiger partial charge >= 0.3 is 0 Å². The van der Waals surface area contributed by atoms with Gasteiger partial charge in [-0.1, -0.05) is 19.8 Å². The third kappa shape index (κ3) is 3.62. The van der Waals surface area contributed by atoms with Crippen LogP contribution in [0.15, 0.2) is 18.3 Å². The first-order valence-corrected chi connectivity index (χ1v) is 7.11. The van der Waals surface area contributed by atoms with E-state index < -0.39 is 0 Å². The minimum atomic E-state index is 0.681. The molecular weight excluding hydrogens is 224 g/mol. The zero-order chi connectivity index (χ0) is 12.8. The maximum atomic E-state index is 5.57. The van der Waals surface area contributed by atoms with Gasteiger partial charge in [-0.05, 0) is 43.7 Å². The molecule has 18 heavy (non-hydrogen) atoms. The van der Waals surface area contributed by atoms with E-state index in [2.05, 4.69) is 17.2 Å². The molecule has 0 radical (unpaired) electrons. The molecule has 1 aliphatic rings. The molecular formula is C15H24N2O. The lowest BCUT2D eigenvalue weighted by Gasteiger charge is -2.27. The summed E-state index contributed by atoms with van der Waals surface area (Å²) in [5.74, 6) is 3.41. The molecule has 0 aliphatic heterocycles. The summed E-state index contributed by atoms with van der Waals surface area (Å²) >= 11 is 0. The topological polar surface area (TPSA) is 34.1 Å². The fourth-order valence-corrected chi connectivity index (χ4v) is 2.78. The van der Waals surface area contributed by atoms with Crippen molar-refractivity contribution in [2.24, 2.45) is 11.8 Å². The van der Waals surface area contributed by atoms with E-state index in [0.29, 0.717) is 6.61 Å². The van der Waals surface area contributed by atoms with Crippen LogP contribution in [0.2, 0.25) is 0 Å². The molecule has 2 atom stereocenters. The van der Waals surface area contributed by atoms with Crippen LogP contribution >= 0.6 is 0 Å². The second kappa shape index (κ2) is 6.62. The average Bonchev–Trinajstić information content (AvgIpc) is 2.38. The second-order valence-corrected chi connectivity index (χ2v) is 5.30. The van der Waals surface area contributed by atoms with E-state index in [1.165, 1.54) is 25.7 Å². The number of ether oxygens (including phenoxy) is 1. The molecule has 2 rings (SSSR count). The Morgan fingerprint density at radius 3 is 3.11 bits per heavy atom. The Morgan fingerprint density at radius 1 is 1.44 bits per heavy atom. The van der Waals surface area contributed by atoms with Gasteiger partial charge in [0.25, 0.3) is 0 Å². The zero-order valence-corrected chi connectivity index (χ0v) is 11.5. The van der Waals surface area contributed by atoms with Crippen molar-refractivity contribution in [1.82, 2.24) is 4.98 Å². The first-order chi connectivity index (χ1) is 8.79. The molecule has 1 aromatic rings. The summed E-state index contributed by atoms with van der Waals surface area (Å²) in [4.78, 5) is 4.36. The minimum Gasteiger partial charge on any atom is -0.490 e. The highest BCUT2D eigenvalue weighted by Crippen LogP contribution is 2.29. The number of nitrogens with zero attached hydrogens (tertiary/aromatic N) is 1. The third-order valence-corrected chi connectivity index (χ3v) is 3.67. The summed E-state index contributed by atoms with van der Waals surface area (Å²) in [5.41, 5.74) is 0. The van der Waals surface area contributed by atoms with E-state index in [1.807, 2.05) is 25.3 Å². The fourth-order valence-electron chi connectivity index (χ4n) is 2.78. The van der Waals surface area contributed by atoms with Crippen molar-refractivity contribution >= 4 is 5.82 Å². The van der Waals surface area contributed by atoms with Gasteiger partial charge in [0.2, 0.25) is 0 Å².